The molecule has 0 unspecified atom stereocenters. The molecule has 0 aromatic heterocycles. The fraction of sp³-hybridized carbons (Fsp3) is 0.909. The van der Waals surface area contributed by atoms with Gasteiger partial charge in [0.25, 0.3) is 0 Å². The summed E-state index contributed by atoms with van der Waals surface area (Å²) in [5.41, 5.74) is -0.240. The Balaban J connectivity index is 4.69. The van der Waals surface area contributed by atoms with Crippen LogP contribution in [-0.4, -0.2) is 12.5 Å². The van der Waals surface area contributed by atoms with E-state index in [1.807, 2.05) is 13.8 Å². The highest BCUT2D eigenvalue weighted by Crippen LogP contribution is 2.35. The normalized spacial score (nSPS) is 12.3. The monoisotopic (exact) mass is 185 g/mol. The lowest BCUT2D eigenvalue weighted by Gasteiger charge is -2.36. The largest absolute Gasteiger partial charge is 0.356 e. The third-order valence-electron chi connectivity index (χ3n) is 3.23. The first-order chi connectivity index (χ1) is 5.87. The van der Waals surface area contributed by atoms with Crippen LogP contribution >= 0.6 is 0 Å². The number of nitrogens with one attached hydrogen (secondary N) is 1. The van der Waals surface area contributed by atoms with Crippen LogP contribution in [0.5, 0.6) is 0 Å². The van der Waals surface area contributed by atoms with Crippen molar-refractivity contribution in [2.45, 2.75) is 41.5 Å². The highest BCUT2D eigenvalue weighted by atomic mass is 16.2. The van der Waals surface area contributed by atoms with Gasteiger partial charge in [-0.2, -0.15) is 0 Å². The van der Waals surface area contributed by atoms with E-state index in [9.17, 15) is 4.79 Å². The number of rotatable bonds is 4. The maximum atomic E-state index is 11.8. The second-order valence-corrected chi connectivity index (χ2v) is 4.45. The van der Waals surface area contributed by atoms with Gasteiger partial charge < -0.3 is 5.32 Å². The first-order valence-corrected chi connectivity index (χ1v) is 5.15. The van der Waals surface area contributed by atoms with E-state index in [0.717, 1.165) is 0 Å². The molecule has 1 N–H and O–H groups in total. The average molecular weight is 185 g/mol. The molecule has 78 valence electrons. The van der Waals surface area contributed by atoms with Crippen LogP contribution in [0.3, 0.4) is 0 Å². The molecule has 0 aromatic rings. The molecule has 2 nitrogen and oxygen atoms in total. The zero-order chi connectivity index (χ0) is 10.6. The quantitative estimate of drug-likeness (QED) is 0.716. The van der Waals surface area contributed by atoms with Gasteiger partial charge in [0.2, 0.25) is 5.91 Å². The lowest BCUT2D eigenvalue weighted by Crippen LogP contribution is -2.45. The number of hydrogen-bond donors (Lipinski definition) is 1. The van der Waals surface area contributed by atoms with Gasteiger partial charge >= 0.3 is 0 Å². The predicted octanol–water partition coefficient (Wildman–Crippen LogP) is 2.44. The summed E-state index contributed by atoms with van der Waals surface area (Å²) in [5, 5.41) is 2.91. The molecular weight excluding hydrogens is 162 g/mol. The van der Waals surface area contributed by atoms with Gasteiger partial charge in [0.15, 0.2) is 0 Å². The Kier molecular flexibility index (Phi) is 4.45. The Hall–Kier alpha value is -0.530. The highest BCUT2D eigenvalue weighted by Gasteiger charge is 2.38. The first kappa shape index (κ1) is 12.5. The molecule has 0 spiro atoms. The molecule has 0 radical (unpaired) electrons. The van der Waals surface area contributed by atoms with Gasteiger partial charge in [-0.15, -0.1) is 0 Å². The molecule has 0 bridgehead atoms. The highest BCUT2D eigenvalue weighted by molar-refractivity contribution is 5.82. The van der Waals surface area contributed by atoms with Gasteiger partial charge in [-0.1, -0.05) is 34.6 Å². The van der Waals surface area contributed by atoms with E-state index in [2.05, 4.69) is 33.0 Å². The Morgan fingerprint density at radius 2 is 1.62 bits per heavy atom. The smallest absolute Gasteiger partial charge is 0.226 e. The van der Waals surface area contributed by atoms with E-state index >= 15 is 0 Å². The molecule has 13 heavy (non-hydrogen) atoms. The van der Waals surface area contributed by atoms with E-state index < -0.39 is 0 Å². The van der Waals surface area contributed by atoms with Gasteiger partial charge in [0.1, 0.15) is 0 Å². The molecular formula is C11H23NO. The van der Waals surface area contributed by atoms with Crippen LogP contribution < -0.4 is 5.32 Å². The van der Waals surface area contributed by atoms with Crippen molar-refractivity contribution >= 4 is 5.91 Å². The van der Waals surface area contributed by atoms with Gasteiger partial charge in [-0.3, -0.25) is 4.79 Å². The number of carbonyl (C=O) groups excluding carboxylic acids is 1. The summed E-state index contributed by atoms with van der Waals surface area (Å²) in [6.45, 7) is 13.1. The van der Waals surface area contributed by atoms with Crippen LogP contribution in [0, 0.1) is 17.3 Å². The molecule has 0 saturated heterocycles. The van der Waals surface area contributed by atoms with Gasteiger partial charge in [-0.25, -0.2) is 0 Å². The number of amides is 1. The molecule has 0 fully saturated rings. The molecule has 2 heteroatoms. The minimum Gasteiger partial charge on any atom is -0.356 e. The van der Waals surface area contributed by atoms with Crippen molar-refractivity contribution in [2.75, 3.05) is 6.54 Å². The van der Waals surface area contributed by atoms with Gasteiger partial charge in [-0.05, 0) is 18.8 Å². The van der Waals surface area contributed by atoms with Crippen molar-refractivity contribution in [1.29, 1.82) is 0 Å². The average Bonchev–Trinajstić information content (AvgIpc) is 2.02. The fourth-order valence-electron chi connectivity index (χ4n) is 1.54. The molecule has 0 aromatic carbocycles. The van der Waals surface area contributed by atoms with Gasteiger partial charge in [0, 0.05) is 6.54 Å². The molecule has 0 saturated carbocycles. The summed E-state index contributed by atoms with van der Waals surface area (Å²) < 4.78 is 0. The van der Waals surface area contributed by atoms with E-state index in [1.54, 1.807) is 0 Å². The second kappa shape index (κ2) is 4.64. The molecule has 1 amide bonds. The van der Waals surface area contributed by atoms with Crippen molar-refractivity contribution in [3.05, 3.63) is 0 Å². The SMILES string of the molecule is CCNC(=O)C(C)(C(C)C)C(C)C. The minimum absolute atomic E-state index is 0.181. The third-order valence-corrected chi connectivity index (χ3v) is 3.23. The number of hydrogen-bond acceptors (Lipinski definition) is 1. The Morgan fingerprint density at radius 3 is 1.85 bits per heavy atom. The van der Waals surface area contributed by atoms with Crippen molar-refractivity contribution in [1.82, 2.24) is 5.32 Å². The van der Waals surface area contributed by atoms with E-state index in [0.29, 0.717) is 18.4 Å². The van der Waals surface area contributed by atoms with Crippen LogP contribution in [0.4, 0.5) is 0 Å². The van der Waals surface area contributed by atoms with Crippen molar-refractivity contribution < 1.29 is 4.79 Å². The Morgan fingerprint density at radius 1 is 1.23 bits per heavy atom. The van der Waals surface area contributed by atoms with Crippen LogP contribution in [0.15, 0.2) is 0 Å². The summed E-state index contributed by atoms with van der Waals surface area (Å²) in [7, 11) is 0. The standard InChI is InChI=1S/C11H23NO/c1-7-12-10(13)11(6,8(2)3)9(4)5/h8-9H,7H2,1-6H3,(H,12,13). The van der Waals surface area contributed by atoms with Crippen molar-refractivity contribution in [3.8, 4) is 0 Å². The third kappa shape index (κ3) is 2.45. The van der Waals surface area contributed by atoms with E-state index in [1.165, 1.54) is 0 Å². The summed E-state index contributed by atoms with van der Waals surface area (Å²) >= 11 is 0. The van der Waals surface area contributed by atoms with Crippen molar-refractivity contribution in [2.24, 2.45) is 17.3 Å². The Bertz CT molecular complexity index is 165. The molecule has 0 aliphatic heterocycles. The lowest BCUT2D eigenvalue weighted by molar-refractivity contribution is -0.135. The zero-order valence-corrected chi connectivity index (χ0v) is 9.77. The van der Waals surface area contributed by atoms with Crippen LogP contribution in [-0.2, 0) is 4.79 Å². The molecule has 0 atom stereocenters. The molecule has 0 aliphatic rings. The summed E-state index contributed by atoms with van der Waals surface area (Å²) in [4.78, 5) is 11.8. The fourth-order valence-corrected chi connectivity index (χ4v) is 1.54. The number of carbonyl (C=O) groups is 1. The van der Waals surface area contributed by atoms with E-state index in [4.69, 9.17) is 0 Å². The zero-order valence-electron chi connectivity index (χ0n) is 9.77. The van der Waals surface area contributed by atoms with Crippen LogP contribution in [0.25, 0.3) is 0 Å². The van der Waals surface area contributed by atoms with Crippen LogP contribution in [0.1, 0.15) is 41.5 Å². The topological polar surface area (TPSA) is 29.1 Å². The maximum Gasteiger partial charge on any atom is 0.226 e. The summed E-state index contributed by atoms with van der Waals surface area (Å²) in [6, 6.07) is 0. The Labute approximate surface area is 82.1 Å². The van der Waals surface area contributed by atoms with Crippen LogP contribution in [0.2, 0.25) is 0 Å². The first-order valence-electron chi connectivity index (χ1n) is 5.15. The summed E-state index contributed by atoms with van der Waals surface area (Å²) in [6.07, 6.45) is 0. The molecule has 0 rings (SSSR count). The van der Waals surface area contributed by atoms with Gasteiger partial charge in [0.05, 0.1) is 5.41 Å². The maximum absolute atomic E-state index is 11.8. The molecule has 0 heterocycles. The summed E-state index contributed by atoms with van der Waals surface area (Å²) in [5.74, 6) is 0.929. The van der Waals surface area contributed by atoms with E-state index in [-0.39, 0.29) is 11.3 Å². The molecule has 0 aliphatic carbocycles. The van der Waals surface area contributed by atoms with Crippen molar-refractivity contribution in [3.63, 3.8) is 0 Å². The second-order valence-electron chi connectivity index (χ2n) is 4.45. The lowest BCUT2D eigenvalue weighted by atomic mass is 9.70. The predicted molar refractivity (Wildman–Crippen MR) is 56.5 cm³/mol. The minimum atomic E-state index is -0.240.